The average Bonchev–Trinajstić information content (AvgIpc) is 2.96. The summed E-state index contributed by atoms with van der Waals surface area (Å²) in [6.07, 6.45) is 5.38. The average molecular weight is 341 g/mol. The number of nitrogens with zero attached hydrogens (tertiary/aromatic N) is 1. The Morgan fingerprint density at radius 3 is 3.08 bits per heavy atom. The van der Waals surface area contributed by atoms with Gasteiger partial charge >= 0.3 is 5.97 Å². The predicted octanol–water partition coefficient (Wildman–Crippen LogP) is 1.81. The maximum atomic E-state index is 11.8. The van der Waals surface area contributed by atoms with Gasteiger partial charge in [0, 0.05) is 29.4 Å². The highest BCUT2D eigenvalue weighted by atomic mass is 16.6. The molecule has 4 aliphatic rings. The van der Waals surface area contributed by atoms with Crippen molar-refractivity contribution in [2.24, 2.45) is 5.92 Å². The largest absolute Gasteiger partial charge is 0.482 e. The predicted molar refractivity (Wildman–Crippen MR) is 91.8 cm³/mol. The lowest BCUT2D eigenvalue weighted by molar-refractivity contribution is -0.134. The third kappa shape index (κ3) is 1.83. The topological polar surface area (TPSA) is 59.0 Å². The van der Waals surface area contributed by atoms with Crippen molar-refractivity contribution in [2.75, 3.05) is 13.6 Å². The highest BCUT2D eigenvalue weighted by molar-refractivity contribution is 5.74. The maximum Gasteiger partial charge on any atom is 0.311 e. The van der Waals surface area contributed by atoms with Crippen molar-refractivity contribution in [2.45, 2.75) is 49.9 Å². The van der Waals surface area contributed by atoms with Crippen molar-refractivity contribution in [1.82, 2.24) is 4.90 Å². The first kappa shape index (κ1) is 15.4. The van der Waals surface area contributed by atoms with Gasteiger partial charge < -0.3 is 19.5 Å². The Morgan fingerprint density at radius 2 is 2.28 bits per heavy atom. The van der Waals surface area contributed by atoms with E-state index in [1.54, 1.807) is 6.92 Å². The zero-order valence-electron chi connectivity index (χ0n) is 14.6. The monoisotopic (exact) mass is 341 g/mol. The van der Waals surface area contributed by atoms with E-state index in [0.29, 0.717) is 29.9 Å². The number of ether oxygens (including phenoxy) is 2. The number of likely N-dealkylation sites (N-methyl/N-ethyl adjacent to an activating group) is 1. The second-order valence-electron chi connectivity index (χ2n) is 7.74. The number of rotatable bonds is 2. The third-order valence-electron chi connectivity index (χ3n) is 6.65. The molecule has 2 aliphatic heterocycles. The van der Waals surface area contributed by atoms with E-state index in [1.807, 2.05) is 12.1 Å². The normalized spacial score (nSPS) is 37.4. The lowest BCUT2D eigenvalue weighted by Crippen LogP contribution is -2.64. The molecule has 1 spiro atoms. The van der Waals surface area contributed by atoms with Crippen LogP contribution in [0, 0.1) is 5.92 Å². The smallest absolute Gasteiger partial charge is 0.311 e. The minimum absolute atomic E-state index is 0.205. The van der Waals surface area contributed by atoms with Crippen LogP contribution in [0.1, 0.15) is 30.9 Å². The van der Waals surface area contributed by atoms with E-state index in [4.69, 9.17) is 9.47 Å². The fraction of sp³-hybridized carbons (Fsp3) is 0.550. The summed E-state index contributed by atoms with van der Waals surface area (Å²) in [6, 6.07) is 4.36. The second kappa shape index (κ2) is 5.08. The van der Waals surface area contributed by atoms with Gasteiger partial charge in [0.15, 0.2) is 11.5 Å². The molecule has 0 aromatic heterocycles. The summed E-state index contributed by atoms with van der Waals surface area (Å²) < 4.78 is 11.8. The number of benzene rings is 1. The molecule has 1 aromatic rings. The molecule has 0 radical (unpaired) electrons. The molecule has 5 unspecified atom stereocenters. The lowest BCUT2D eigenvalue weighted by Gasteiger charge is -2.56. The van der Waals surface area contributed by atoms with Gasteiger partial charge in [0.05, 0.1) is 0 Å². The summed E-state index contributed by atoms with van der Waals surface area (Å²) in [5, 5.41) is 10.6. The molecular formula is C20H23NO4. The number of carbonyl (C=O) groups excluding carboxylic acids is 1. The van der Waals surface area contributed by atoms with Gasteiger partial charge in [0.2, 0.25) is 0 Å². The number of aliphatic hydroxyl groups excluding tert-OH is 1. The fourth-order valence-electron chi connectivity index (χ4n) is 5.50. The van der Waals surface area contributed by atoms with Gasteiger partial charge in [-0.05, 0) is 38.1 Å². The number of likely N-dealkylation sites (tertiary alicyclic amines) is 1. The summed E-state index contributed by atoms with van der Waals surface area (Å²) in [4.78, 5) is 14.3. The molecule has 2 bridgehead atoms. The van der Waals surface area contributed by atoms with E-state index < -0.39 is 6.10 Å². The highest BCUT2D eigenvalue weighted by Crippen LogP contribution is 2.62. The Morgan fingerprint density at radius 1 is 1.44 bits per heavy atom. The summed E-state index contributed by atoms with van der Waals surface area (Å²) in [5.41, 5.74) is 2.24. The van der Waals surface area contributed by atoms with E-state index in [1.165, 1.54) is 11.1 Å². The highest BCUT2D eigenvalue weighted by Gasteiger charge is 2.64. The van der Waals surface area contributed by atoms with Crippen LogP contribution in [0.5, 0.6) is 11.5 Å². The first-order valence-corrected chi connectivity index (χ1v) is 9.16. The number of piperidine rings is 1. The number of esters is 1. The molecule has 1 N–H and O–H groups in total. The molecule has 5 nitrogen and oxygen atoms in total. The first-order chi connectivity index (χ1) is 12.1. The molecule has 5 heteroatoms. The molecule has 1 fully saturated rings. The van der Waals surface area contributed by atoms with Crippen LogP contribution < -0.4 is 9.47 Å². The van der Waals surface area contributed by atoms with Crippen molar-refractivity contribution in [3.8, 4) is 11.5 Å². The molecule has 1 aromatic carbocycles. The number of aliphatic hydroxyl groups is 1. The molecule has 0 saturated carbocycles. The van der Waals surface area contributed by atoms with Crippen molar-refractivity contribution >= 4 is 5.97 Å². The molecule has 5 atom stereocenters. The minimum atomic E-state index is -0.631. The van der Waals surface area contributed by atoms with Gasteiger partial charge in [0.25, 0.3) is 0 Å². The first-order valence-electron chi connectivity index (χ1n) is 9.16. The summed E-state index contributed by atoms with van der Waals surface area (Å²) in [5.74, 6) is 1.24. The van der Waals surface area contributed by atoms with Crippen molar-refractivity contribution in [3.05, 3.63) is 35.4 Å². The number of hydrogen-bond acceptors (Lipinski definition) is 5. The molecule has 1 saturated heterocycles. The molecule has 132 valence electrons. The van der Waals surface area contributed by atoms with Crippen LogP contribution >= 0.6 is 0 Å². The van der Waals surface area contributed by atoms with Crippen LogP contribution in [-0.2, 0) is 16.6 Å². The number of hydrogen-bond donors (Lipinski definition) is 1. The minimum Gasteiger partial charge on any atom is -0.482 e. The van der Waals surface area contributed by atoms with Gasteiger partial charge in [-0.25, -0.2) is 0 Å². The zero-order valence-corrected chi connectivity index (χ0v) is 14.6. The van der Waals surface area contributed by atoms with E-state index in [2.05, 4.69) is 24.1 Å². The summed E-state index contributed by atoms with van der Waals surface area (Å²) >= 11 is 0. The van der Waals surface area contributed by atoms with Crippen LogP contribution in [-0.4, -0.2) is 47.8 Å². The van der Waals surface area contributed by atoms with E-state index >= 15 is 0 Å². The Bertz CT molecular complexity index is 788. The van der Waals surface area contributed by atoms with E-state index in [0.717, 1.165) is 19.4 Å². The molecule has 25 heavy (non-hydrogen) atoms. The molecular weight excluding hydrogens is 318 g/mol. The Balaban J connectivity index is 1.72. The molecule has 2 aliphatic carbocycles. The fourth-order valence-corrected chi connectivity index (χ4v) is 5.50. The molecule has 0 amide bonds. The zero-order chi connectivity index (χ0) is 17.3. The quantitative estimate of drug-likeness (QED) is 0.505. The van der Waals surface area contributed by atoms with Crippen LogP contribution in [0.2, 0.25) is 0 Å². The molecule has 2 heterocycles. The Labute approximate surface area is 147 Å². The summed E-state index contributed by atoms with van der Waals surface area (Å²) in [7, 11) is 2.19. The van der Waals surface area contributed by atoms with Crippen LogP contribution in [0.25, 0.3) is 0 Å². The van der Waals surface area contributed by atoms with Crippen molar-refractivity contribution in [1.29, 1.82) is 0 Å². The second-order valence-corrected chi connectivity index (χ2v) is 7.74. The van der Waals surface area contributed by atoms with E-state index in [9.17, 15) is 9.90 Å². The third-order valence-corrected chi connectivity index (χ3v) is 6.65. The van der Waals surface area contributed by atoms with Gasteiger partial charge in [0.1, 0.15) is 12.2 Å². The van der Waals surface area contributed by atoms with Crippen LogP contribution in [0.3, 0.4) is 0 Å². The lowest BCUT2D eigenvalue weighted by atomic mass is 9.53. The van der Waals surface area contributed by atoms with Crippen molar-refractivity contribution < 1.29 is 19.4 Å². The van der Waals surface area contributed by atoms with Gasteiger partial charge in [-0.2, -0.15) is 0 Å². The Kier molecular flexibility index (Phi) is 3.13. The Hall–Kier alpha value is -1.85. The SMILES string of the molecule is CCC(=O)Oc1ccc2c3c1OC1C(O)C=CC4C(C2)N(C)CCC341. The summed E-state index contributed by atoms with van der Waals surface area (Å²) in [6.45, 7) is 2.77. The van der Waals surface area contributed by atoms with Gasteiger partial charge in [-0.1, -0.05) is 25.1 Å². The standard InChI is InChI=1S/C20H23NO4/c1-3-16(23)24-15-7-4-11-10-13-12-5-6-14(22)19-20(12,8-9-21(13)2)17(11)18(15)25-19/h4-7,12-14,19,22H,3,8-10H2,1-2H3. The maximum absolute atomic E-state index is 11.8. The van der Waals surface area contributed by atoms with Crippen molar-refractivity contribution in [3.63, 3.8) is 0 Å². The number of carbonyl (C=O) groups is 1. The van der Waals surface area contributed by atoms with Gasteiger partial charge in [-0.3, -0.25) is 4.79 Å². The van der Waals surface area contributed by atoms with E-state index in [-0.39, 0.29) is 17.5 Å². The van der Waals surface area contributed by atoms with Crippen LogP contribution in [0.4, 0.5) is 0 Å². The van der Waals surface area contributed by atoms with Gasteiger partial charge in [-0.15, -0.1) is 0 Å². The molecule has 5 rings (SSSR count). The van der Waals surface area contributed by atoms with Crippen LogP contribution in [0.15, 0.2) is 24.3 Å².